The van der Waals surface area contributed by atoms with Gasteiger partial charge < -0.3 is 4.85 Å². The average molecular weight is 212 g/mol. The lowest BCUT2D eigenvalue weighted by atomic mass is 10.0. The van der Waals surface area contributed by atoms with Gasteiger partial charge in [-0.3, -0.25) is 4.98 Å². The lowest BCUT2D eigenvalue weighted by molar-refractivity contribution is 0.627. The minimum atomic E-state index is -0.457. The molecular formula is C13H9FN2. The molecule has 0 amide bonds. The topological polar surface area (TPSA) is 17.2 Å². The van der Waals surface area contributed by atoms with Gasteiger partial charge in [-0.25, -0.2) is 11.0 Å². The number of benzene rings is 1. The molecule has 0 N–H and O–H groups in total. The molecule has 1 aromatic heterocycles. The van der Waals surface area contributed by atoms with E-state index in [0.29, 0.717) is 5.69 Å². The van der Waals surface area contributed by atoms with Crippen LogP contribution in [-0.4, -0.2) is 4.98 Å². The van der Waals surface area contributed by atoms with Crippen molar-refractivity contribution >= 4 is 0 Å². The zero-order valence-corrected chi connectivity index (χ0v) is 8.47. The number of aromatic nitrogens is 1. The average Bonchev–Trinajstić information content (AvgIpc) is 2.34. The van der Waals surface area contributed by atoms with E-state index in [4.69, 9.17) is 6.57 Å². The highest BCUT2D eigenvalue weighted by Crippen LogP contribution is 2.24. The number of nitrogens with zero attached hydrogens (tertiary/aromatic N) is 2. The van der Waals surface area contributed by atoms with Gasteiger partial charge in [-0.15, -0.1) is 0 Å². The third kappa shape index (κ3) is 2.06. The molecule has 1 aromatic carbocycles. The highest BCUT2D eigenvalue weighted by Gasteiger charge is 2.19. The van der Waals surface area contributed by atoms with Gasteiger partial charge in [0.1, 0.15) is 11.5 Å². The van der Waals surface area contributed by atoms with E-state index in [2.05, 4.69) is 9.83 Å². The fourth-order valence-electron chi connectivity index (χ4n) is 1.49. The molecule has 16 heavy (non-hydrogen) atoms. The maximum Gasteiger partial charge on any atom is 0.290 e. The van der Waals surface area contributed by atoms with Crippen molar-refractivity contribution in [1.29, 1.82) is 0 Å². The molecule has 0 aliphatic carbocycles. The molecule has 0 aliphatic heterocycles. The Morgan fingerprint density at radius 2 is 1.88 bits per heavy atom. The molecule has 1 unspecified atom stereocenters. The predicted octanol–water partition coefficient (Wildman–Crippen LogP) is 3.23. The fourth-order valence-corrected chi connectivity index (χ4v) is 1.49. The van der Waals surface area contributed by atoms with Crippen molar-refractivity contribution in [3.05, 3.63) is 77.2 Å². The van der Waals surface area contributed by atoms with Crippen LogP contribution in [0.15, 0.2) is 48.7 Å². The fraction of sp³-hybridized carbons (Fsp3) is 0.0769. The van der Waals surface area contributed by atoms with Crippen molar-refractivity contribution in [3.8, 4) is 0 Å². The number of halogens is 1. The molecule has 3 heteroatoms. The van der Waals surface area contributed by atoms with E-state index in [1.54, 1.807) is 30.5 Å². The van der Waals surface area contributed by atoms with Crippen molar-refractivity contribution in [2.45, 2.75) is 6.04 Å². The molecule has 2 aromatic rings. The number of rotatable bonds is 2. The summed E-state index contributed by atoms with van der Waals surface area (Å²) in [4.78, 5) is 7.66. The normalized spacial score (nSPS) is 11.8. The van der Waals surface area contributed by atoms with Crippen LogP contribution >= 0.6 is 0 Å². The van der Waals surface area contributed by atoms with Crippen molar-refractivity contribution in [2.75, 3.05) is 0 Å². The predicted molar refractivity (Wildman–Crippen MR) is 59.1 cm³/mol. The molecule has 2 nitrogen and oxygen atoms in total. The summed E-state index contributed by atoms with van der Waals surface area (Å²) in [6.07, 6.45) is 1.65. The monoisotopic (exact) mass is 212 g/mol. The summed E-state index contributed by atoms with van der Waals surface area (Å²) in [5, 5.41) is 0. The Morgan fingerprint density at radius 1 is 1.12 bits per heavy atom. The second-order valence-corrected chi connectivity index (χ2v) is 3.34. The molecule has 0 radical (unpaired) electrons. The quantitative estimate of drug-likeness (QED) is 0.698. The van der Waals surface area contributed by atoms with Crippen molar-refractivity contribution in [2.24, 2.45) is 0 Å². The summed E-state index contributed by atoms with van der Waals surface area (Å²) in [5.74, 6) is -0.298. The first-order valence-corrected chi connectivity index (χ1v) is 4.84. The first-order chi connectivity index (χ1) is 7.81. The van der Waals surface area contributed by atoms with Crippen LogP contribution < -0.4 is 0 Å². The Balaban J connectivity index is 2.38. The van der Waals surface area contributed by atoms with Gasteiger partial charge in [0.15, 0.2) is 0 Å². The van der Waals surface area contributed by atoms with Crippen LogP contribution in [0.1, 0.15) is 17.3 Å². The van der Waals surface area contributed by atoms with Gasteiger partial charge in [-0.05, 0) is 36.4 Å². The van der Waals surface area contributed by atoms with Crippen LogP contribution in [0.4, 0.5) is 4.39 Å². The van der Waals surface area contributed by atoms with Crippen LogP contribution in [0.2, 0.25) is 0 Å². The molecule has 0 saturated carbocycles. The van der Waals surface area contributed by atoms with E-state index in [9.17, 15) is 4.39 Å². The van der Waals surface area contributed by atoms with Gasteiger partial charge in [0, 0.05) is 11.8 Å². The lowest BCUT2D eigenvalue weighted by Crippen LogP contribution is -1.98. The first-order valence-electron chi connectivity index (χ1n) is 4.84. The van der Waals surface area contributed by atoms with Gasteiger partial charge in [-0.1, -0.05) is 6.07 Å². The van der Waals surface area contributed by atoms with Gasteiger partial charge in [0.2, 0.25) is 0 Å². The van der Waals surface area contributed by atoms with E-state index in [1.807, 2.05) is 6.07 Å². The van der Waals surface area contributed by atoms with Gasteiger partial charge >= 0.3 is 0 Å². The van der Waals surface area contributed by atoms with Crippen LogP contribution in [0.25, 0.3) is 4.85 Å². The van der Waals surface area contributed by atoms with E-state index >= 15 is 0 Å². The van der Waals surface area contributed by atoms with Crippen molar-refractivity contribution < 1.29 is 4.39 Å². The smallest absolute Gasteiger partial charge is 0.290 e. The zero-order chi connectivity index (χ0) is 11.4. The number of hydrogen-bond donors (Lipinski definition) is 0. The second-order valence-electron chi connectivity index (χ2n) is 3.34. The third-order valence-electron chi connectivity index (χ3n) is 2.28. The van der Waals surface area contributed by atoms with Crippen LogP contribution in [-0.2, 0) is 0 Å². The molecule has 0 saturated heterocycles. The Hall–Kier alpha value is -2.21. The Labute approximate surface area is 93.2 Å². The molecule has 1 atom stereocenters. The highest BCUT2D eigenvalue weighted by molar-refractivity contribution is 5.30. The molecule has 2 rings (SSSR count). The Bertz CT molecular complexity index is 500. The molecule has 1 heterocycles. The van der Waals surface area contributed by atoms with E-state index < -0.39 is 6.04 Å². The first kappa shape index (κ1) is 10.3. The molecule has 0 bridgehead atoms. The molecule has 0 fully saturated rings. The zero-order valence-electron chi connectivity index (χ0n) is 8.47. The molecule has 0 aliphatic rings. The van der Waals surface area contributed by atoms with E-state index in [-0.39, 0.29) is 5.82 Å². The standard InChI is InChI=1S/C13H9FN2/c1-15-13(12-4-2-3-9-16-12)10-5-7-11(14)8-6-10/h2-9,13H. The summed E-state index contributed by atoms with van der Waals surface area (Å²) in [6.45, 7) is 7.18. The molecule has 78 valence electrons. The van der Waals surface area contributed by atoms with E-state index in [0.717, 1.165) is 5.56 Å². The van der Waals surface area contributed by atoms with Gasteiger partial charge in [0.05, 0.1) is 0 Å². The van der Waals surface area contributed by atoms with Crippen molar-refractivity contribution in [1.82, 2.24) is 4.98 Å². The third-order valence-corrected chi connectivity index (χ3v) is 2.28. The highest BCUT2D eigenvalue weighted by atomic mass is 19.1. The van der Waals surface area contributed by atoms with Crippen LogP contribution in [0.3, 0.4) is 0 Å². The van der Waals surface area contributed by atoms with Gasteiger partial charge in [0.25, 0.3) is 6.04 Å². The number of pyridine rings is 1. The van der Waals surface area contributed by atoms with Gasteiger partial charge in [-0.2, -0.15) is 0 Å². The number of hydrogen-bond acceptors (Lipinski definition) is 1. The summed E-state index contributed by atoms with van der Waals surface area (Å²) < 4.78 is 12.8. The molecule has 0 spiro atoms. The molecular weight excluding hydrogens is 203 g/mol. The minimum Gasteiger partial charge on any atom is -0.302 e. The summed E-state index contributed by atoms with van der Waals surface area (Å²) >= 11 is 0. The largest absolute Gasteiger partial charge is 0.302 e. The lowest BCUT2D eigenvalue weighted by Gasteiger charge is -2.04. The summed E-state index contributed by atoms with van der Waals surface area (Å²) in [6, 6.07) is 10.9. The minimum absolute atomic E-state index is 0.298. The summed E-state index contributed by atoms with van der Waals surface area (Å²) in [5.41, 5.74) is 1.44. The Morgan fingerprint density at radius 3 is 2.44 bits per heavy atom. The SMILES string of the molecule is [C-]#[N+]C(c1ccc(F)cc1)c1ccccn1. The van der Waals surface area contributed by atoms with Crippen LogP contribution in [0.5, 0.6) is 0 Å². The van der Waals surface area contributed by atoms with E-state index in [1.165, 1.54) is 12.1 Å². The van der Waals surface area contributed by atoms with Crippen LogP contribution in [0, 0.1) is 12.4 Å². The maximum atomic E-state index is 12.8. The summed E-state index contributed by atoms with van der Waals surface area (Å²) in [7, 11) is 0. The van der Waals surface area contributed by atoms with Crippen molar-refractivity contribution in [3.63, 3.8) is 0 Å². The second kappa shape index (κ2) is 4.54. The Kier molecular flexibility index (Phi) is 2.93. The maximum absolute atomic E-state index is 12.8.